The molecule has 1 N–H and O–H groups in total. The summed E-state index contributed by atoms with van der Waals surface area (Å²) in [7, 11) is 0. The third-order valence-corrected chi connectivity index (χ3v) is 5.71. The molecule has 1 heterocycles. The first-order valence-electron chi connectivity index (χ1n) is 7.75. The van der Waals surface area contributed by atoms with E-state index in [1.165, 1.54) is 16.7 Å². The fourth-order valence-electron chi connectivity index (χ4n) is 2.66. The van der Waals surface area contributed by atoms with E-state index in [-0.39, 0.29) is 12.3 Å². The van der Waals surface area contributed by atoms with Crippen LogP contribution in [0, 0.1) is 0 Å². The lowest BCUT2D eigenvalue weighted by molar-refractivity contribution is -0.138. The van der Waals surface area contributed by atoms with Gasteiger partial charge < -0.3 is 5.11 Å². The van der Waals surface area contributed by atoms with Gasteiger partial charge in [0.25, 0.3) is 5.91 Å². The maximum Gasteiger partial charge on any atom is 0.305 e. The van der Waals surface area contributed by atoms with Crippen LogP contribution in [0.1, 0.15) is 23.6 Å². The molecule has 3 rings (SSSR count). The van der Waals surface area contributed by atoms with E-state index < -0.39 is 12.0 Å². The number of hydrogen-bond acceptors (Lipinski definition) is 4. The highest BCUT2D eigenvalue weighted by molar-refractivity contribution is 9.10. The van der Waals surface area contributed by atoms with Crippen molar-refractivity contribution in [1.29, 1.82) is 0 Å². The molecular weight excluding hydrogens is 434 g/mol. The quantitative estimate of drug-likeness (QED) is 0.523. The van der Waals surface area contributed by atoms with Crippen molar-refractivity contribution in [2.24, 2.45) is 0 Å². The molecule has 4 nitrogen and oxygen atoms in total. The Labute approximate surface area is 169 Å². The molecule has 0 aliphatic carbocycles. The molecule has 0 bridgehead atoms. The molecule has 2 aromatic rings. The van der Waals surface area contributed by atoms with Crippen molar-refractivity contribution >= 4 is 62.2 Å². The highest BCUT2D eigenvalue weighted by Gasteiger charge is 2.38. The van der Waals surface area contributed by atoms with E-state index in [0.717, 1.165) is 15.6 Å². The van der Waals surface area contributed by atoms with Gasteiger partial charge in [-0.3, -0.25) is 14.5 Å². The monoisotopic (exact) mass is 447 g/mol. The van der Waals surface area contributed by atoms with Gasteiger partial charge in [-0.2, -0.15) is 0 Å². The summed E-state index contributed by atoms with van der Waals surface area (Å²) in [6.45, 7) is 0. The molecule has 0 unspecified atom stereocenters. The Morgan fingerprint density at radius 3 is 2.46 bits per heavy atom. The molecule has 132 valence electrons. The summed E-state index contributed by atoms with van der Waals surface area (Å²) >= 11 is 9.96. The summed E-state index contributed by atoms with van der Waals surface area (Å²) in [6, 6.07) is 16.0. The minimum absolute atomic E-state index is 0.206. The zero-order chi connectivity index (χ0) is 18.7. The molecule has 0 saturated carbocycles. The summed E-state index contributed by atoms with van der Waals surface area (Å²) in [5, 5.41) is 9.30. The maximum atomic E-state index is 12.9. The van der Waals surface area contributed by atoms with Crippen LogP contribution in [0.3, 0.4) is 0 Å². The lowest BCUT2D eigenvalue weighted by atomic mass is 10.0. The van der Waals surface area contributed by atoms with Gasteiger partial charge in [0.15, 0.2) is 0 Å². The second-order valence-electron chi connectivity index (χ2n) is 5.63. The second kappa shape index (κ2) is 8.16. The van der Waals surface area contributed by atoms with Gasteiger partial charge in [0, 0.05) is 4.47 Å². The van der Waals surface area contributed by atoms with Gasteiger partial charge in [0.2, 0.25) is 0 Å². The second-order valence-corrected chi connectivity index (χ2v) is 8.22. The van der Waals surface area contributed by atoms with Crippen LogP contribution < -0.4 is 0 Å². The first-order chi connectivity index (χ1) is 12.5. The SMILES string of the molecule is O=C(O)C[C@@H](c1ccccc1)N1C(=O)/C(=C/c2ccc(Br)cc2)SC1=S. The lowest BCUT2D eigenvalue weighted by Crippen LogP contribution is -2.34. The van der Waals surface area contributed by atoms with Crippen LogP contribution >= 0.6 is 39.9 Å². The van der Waals surface area contributed by atoms with Gasteiger partial charge >= 0.3 is 5.97 Å². The Morgan fingerprint density at radius 1 is 1.19 bits per heavy atom. The van der Waals surface area contributed by atoms with Gasteiger partial charge in [0.1, 0.15) is 4.32 Å². The molecule has 1 fully saturated rings. The van der Waals surface area contributed by atoms with Crippen LogP contribution in [0.2, 0.25) is 0 Å². The molecule has 0 aromatic heterocycles. The number of hydrogen-bond donors (Lipinski definition) is 1. The van der Waals surface area contributed by atoms with Gasteiger partial charge in [-0.05, 0) is 29.3 Å². The summed E-state index contributed by atoms with van der Waals surface area (Å²) < 4.78 is 1.32. The van der Waals surface area contributed by atoms with E-state index in [1.54, 1.807) is 6.08 Å². The fraction of sp³-hybridized carbons (Fsp3) is 0.105. The zero-order valence-electron chi connectivity index (χ0n) is 13.5. The standard InChI is InChI=1S/C19H14BrNO3S2/c20-14-8-6-12(7-9-14)10-16-18(24)21(19(25)26-16)15(11-17(22)23)13-4-2-1-3-5-13/h1-10,15H,11H2,(H,22,23)/b16-10-/t15-/m0/s1. The van der Waals surface area contributed by atoms with E-state index in [9.17, 15) is 14.7 Å². The molecule has 1 aliphatic rings. The number of nitrogens with zero attached hydrogens (tertiary/aromatic N) is 1. The van der Waals surface area contributed by atoms with E-state index in [4.69, 9.17) is 12.2 Å². The summed E-state index contributed by atoms with van der Waals surface area (Å²) in [5.74, 6) is -1.25. The van der Waals surface area contributed by atoms with Crippen molar-refractivity contribution < 1.29 is 14.7 Å². The fourth-order valence-corrected chi connectivity index (χ4v) is 4.28. The van der Waals surface area contributed by atoms with E-state index in [2.05, 4.69) is 15.9 Å². The highest BCUT2D eigenvalue weighted by Crippen LogP contribution is 2.39. The number of aliphatic carboxylic acids is 1. The van der Waals surface area contributed by atoms with E-state index in [0.29, 0.717) is 9.23 Å². The molecule has 2 aromatic carbocycles. The number of carboxylic acid groups (broad SMARTS) is 1. The number of thiocarbonyl (C=S) groups is 1. The Kier molecular flexibility index (Phi) is 5.90. The predicted octanol–water partition coefficient (Wildman–Crippen LogP) is 4.87. The predicted molar refractivity (Wildman–Crippen MR) is 111 cm³/mol. The Morgan fingerprint density at radius 2 is 1.85 bits per heavy atom. The van der Waals surface area contributed by atoms with Crippen molar-refractivity contribution in [1.82, 2.24) is 4.90 Å². The molecule has 1 amide bonds. The molecule has 0 radical (unpaired) electrons. The minimum atomic E-state index is -0.982. The third kappa shape index (κ3) is 4.23. The topological polar surface area (TPSA) is 57.6 Å². The van der Waals surface area contributed by atoms with Crippen LogP contribution in [0.4, 0.5) is 0 Å². The number of carboxylic acids is 1. The first kappa shape index (κ1) is 18.8. The molecule has 0 spiro atoms. The minimum Gasteiger partial charge on any atom is -0.481 e. The summed E-state index contributed by atoms with van der Waals surface area (Å²) in [5.41, 5.74) is 1.62. The molecule has 1 atom stereocenters. The van der Waals surface area contributed by atoms with Crippen LogP contribution in [0.25, 0.3) is 6.08 Å². The molecule has 1 saturated heterocycles. The molecular formula is C19H14BrNO3S2. The normalized spacial score (nSPS) is 17.0. The number of carbonyl (C=O) groups excluding carboxylic acids is 1. The van der Waals surface area contributed by atoms with E-state index in [1.807, 2.05) is 54.6 Å². The van der Waals surface area contributed by atoms with Crippen molar-refractivity contribution in [3.05, 3.63) is 75.1 Å². The Hall–Kier alpha value is -1.96. The lowest BCUT2D eigenvalue weighted by Gasteiger charge is -2.26. The van der Waals surface area contributed by atoms with Crippen LogP contribution in [-0.4, -0.2) is 26.2 Å². The van der Waals surface area contributed by atoms with Gasteiger partial charge in [-0.1, -0.05) is 82.4 Å². The number of halogens is 1. The largest absolute Gasteiger partial charge is 0.481 e. The number of benzene rings is 2. The Balaban J connectivity index is 1.93. The van der Waals surface area contributed by atoms with Crippen molar-refractivity contribution in [2.45, 2.75) is 12.5 Å². The van der Waals surface area contributed by atoms with Gasteiger partial charge in [-0.15, -0.1) is 0 Å². The average Bonchev–Trinajstić information content (AvgIpc) is 2.89. The number of carbonyl (C=O) groups is 2. The summed E-state index contributed by atoms with van der Waals surface area (Å²) in [6.07, 6.45) is 1.57. The van der Waals surface area contributed by atoms with Crippen LogP contribution in [0.15, 0.2) is 64.0 Å². The van der Waals surface area contributed by atoms with Gasteiger partial charge in [0.05, 0.1) is 17.4 Å². The maximum absolute atomic E-state index is 12.9. The van der Waals surface area contributed by atoms with Gasteiger partial charge in [-0.25, -0.2) is 0 Å². The van der Waals surface area contributed by atoms with Crippen LogP contribution in [0.5, 0.6) is 0 Å². The van der Waals surface area contributed by atoms with E-state index >= 15 is 0 Å². The van der Waals surface area contributed by atoms with Crippen LogP contribution in [-0.2, 0) is 9.59 Å². The smallest absolute Gasteiger partial charge is 0.305 e. The number of rotatable bonds is 5. The molecule has 26 heavy (non-hydrogen) atoms. The number of amides is 1. The first-order valence-corrected chi connectivity index (χ1v) is 9.77. The zero-order valence-corrected chi connectivity index (χ0v) is 16.7. The van der Waals surface area contributed by atoms with Crippen molar-refractivity contribution in [3.63, 3.8) is 0 Å². The highest BCUT2D eigenvalue weighted by atomic mass is 79.9. The Bertz CT molecular complexity index is 881. The average molecular weight is 448 g/mol. The third-order valence-electron chi connectivity index (χ3n) is 3.86. The van der Waals surface area contributed by atoms with Crippen molar-refractivity contribution in [3.8, 4) is 0 Å². The summed E-state index contributed by atoms with van der Waals surface area (Å²) in [4.78, 5) is 26.2. The molecule has 7 heteroatoms. The number of thioether (sulfide) groups is 1. The molecule has 1 aliphatic heterocycles. The van der Waals surface area contributed by atoms with Crippen molar-refractivity contribution in [2.75, 3.05) is 0 Å².